The highest BCUT2D eigenvalue weighted by atomic mass is 35.5. The van der Waals surface area contributed by atoms with Crippen molar-refractivity contribution < 1.29 is 4.92 Å². The molecule has 0 aliphatic rings. The van der Waals surface area contributed by atoms with Crippen LogP contribution in [0.4, 0.5) is 5.69 Å². The Labute approximate surface area is 117 Å². The van der Waals surface area contributed by atoms with Crippen LogP contribution in [0.2, 0.25) is 0 Å². The molecular formula is C15H14ClNO2. The van der Waals surface area contributed by atoms with Gasteiger partial charge < -0.3 is 0 Å². The fourth-order valence-electron chi connectivity index (χ4n) is 1.96. The summed E-state index contributed by atoms with van der Waals surface area (Å²) in [5.74, 6) is 0. The van der Waals surface area contributed by atoms with E-state index in [2.05, 4.69) is 0 Å². The smallest absolute Gasteiger partial charge is 0.258 e. The van der Waals surface area contributed by atoms with E-state index in [1.165, 1.54) is 6.07 Å². The molecule has 0 heterocycles. The van der Waals surface area contributed by atoms with Gasteiger partial charge in [0, 0.05) is 12.1 Å². The van der Waals surface area contributed by atoms with Crippen molar-refractivity contribution in [1.29, 1.82) is 0 Å². The van der Waals surface area contributed by atoms with Crippen LogP contribution in [-0.4, -0.2) is 4.92 Å². The lowest BCUT2D eigenvalue weighted by atomic mass is 9.99. The van der Waals surface area contributed by atoms with Crippen LogP contribution >= 0.6 is 11.6 Å². The number of nitro groups is 1. The summed E-state index contributed by atoms with van der Waals surface area (Å²) >= 11 is 6.37. The molecule has 2 aromatic rings. The molecule has 98 valence electrons. The first-order valence-corrected chi connectivity index (χ1v) is 6.44. The van der Waals surface area contributed by atoms with E-state index in [9.17, 15) is 10.1 Å². The molecule has 1 atom stereocenters. The Morgan fingerprint density at radius 1 is 1.21 bits per heavy atom. The predicted octanol–water partition coefficient (Wildman–Crippen LogP) is 4.43. The SMILES string of the molecule is Cc1ccc([N+](=O)[O-])cc1CC(Cl)c1ccccc1. The van der Waals surface area contributed by atoms with E-state index >= 15 is 0 Å². The summed E-state index contributed by atoms with van der Waals surface area (Å²) in [4.78, 5) is 10.4. The first kappa shape index (κ1) is 13.6. The second-order valence-electron chi connectivity index (χ2n) is 4.45. The summed E-state index contributed by atoms with van der Waals surface area (Å²) in [7, 11) is 0. The number of hydrogen-bond acceptors (Lipinski definition) is 2. The summed E-state index contributed by atoms with van der Waals surface area (Å²) in [5.41, 5.74) is 3.07. The summed E-state index contributed by atoms with van der Waals surface area (Å²) in [5, 5.41) is 10.6. The fourth-order valence-corrected chi connectivity index (χ4v) is 2.28. The summed E-state index contributed by atoms with van der Waals surface area (Å²) < 4.78 is 0. The number of halogens is 1. The van der Waals surface area contributed by atoms with Crippen molar-refractivity contribution >= 4 is 17.3 Å². The highest BCUT2D eigenvalue weighted by Crippen LogP contribution is 2.28. The third-order valence-electron chi connectivity index (χ3n) is 3.10. The largest absolute Gasteiger partial charge is 0.269 e. The minimum atomic E-state index is -0.380. The zero-order chi connectivity index (χ0) is 13.8. The van der Waals surface area contributed by atoms with Gasteiger partial charge in [-0.2, -0.15) is 0 Å². The van der Waals surface area contributed by atoms with E-state index in [0.717, 1.165) is 16.7 Å². The predicted molar refractivity (Wildman–Crippen MR) is 76.6 cm³/mol. The Kier molecular flexibility index (Phi) is 4.17. The molecule has 0 N–H and O–H groups in total. The first-order valence-electron chi connectivity index (χ1n) is 6.01. The van der Waals surface area contributed by atoms with E-state index < -0.39 is 0 Å². The van der Waals surface area contributed by atoms with Crippen LogP contribution < -0.4 is 0 Å². The van der Waals surface area contributed by atoms with Gasteiger partial charge >= 0.3 is 0 Å². The second kappa shape index (κ2) is 5.85. The number of nitrogens with zero attached hydrogens (tertiary/aromatic N) is 1. The van der Waals surface area contributed by atoms with Gasteiger partial charge in [-0.25, -0.2) is 0 Å². The first-order chi connectivity index (χ1) is 9.08. The minimum absolute atomic E-state index is 0.109. The maximum atomic E-state index is 10.8. The average Bonchev–Trinajstić information content (AvgIpc) is 2.42. The standard InChI is InChI=1S/C15H14ClNO2/c1-11-7-8-14(17(18)19)9-13(11)10-15(16)12-5-3-2-4-6-12/h2-9,15H,10H2,1H3. The van der Waals surface area contributed by atoms with Gasteiger partial charge in [0.1, 0.15) is 0 Å². The topological polar surface area (TPSA) is 43.1 Å². The van der Waals surface area contributed by atoms with Gasteiger partial charge in [-0.3, -0.25) is 10.1 Å². The molecule has 0 spiro atoms. The van der Waals surface area contributed by atoms with E-state index in [0.29, 0.717) is 6.42 Å². The Morgan fingerprint density at radius 3 is 2.53 bits per heavy atom. The lowest BCUT2D eigenvalue weighted by Crippen LogP contribution is -1.99. The second-order valence-corrected chi connectivity index (χ2v) is 4.98. The van der Waals surface area contributed by atoms with Crippen molar-refractivity contribution in [3.05, 3.63) is 75.3 Å². The van der Waals surface area contributed by atoms with Gasteiger partial charge in [0.2, 0.25) is 0 Å². The van der Waals surface area contributed by atoms with Crippen molar-refractivity contribution in [3.63, 3.8) is 0 Å². The number of rotatable bonds is 4. The third kappa shape index (κ3) is 3.32. The minimum Gasteiger partial charge on any atom is -0.258 e. The van der Waals surface area contributed by atoms with E-state index in [-0.39, 0.29) is 16.0 Å². The maximum Gasteiger partial charge on any atom is 0.269 e. The zero-order valence-corrected chi connectivity index (χ0v) is 11.3. The normalized spacial score (nSPS) is 12.1. The van der Waals surface area contributed by atoms with Crippen LogP contribution in [0.1, 0.15) is 22.1 Å². The molecule has 4 heteroatoms. The van der Waals surface area contributed by atoms with E-state index in [1.54, 1.807) is 12.1 Å². The number of nitro benzene ring substituents is 1. The molecule has 0 bridgehead atoms. The van der Waals surface area contributed by atoms with Crippen LogP contribution in [0.3, 0.4) is 0 Å². The van der Waals surface area contributed by atoms with Crippen molar-refractivity contribution in [2.75, 3.05) is 0 Å². The quantitative estimate of drug-likeness (QED) is 0.471. The summed E-state index contributed by atoms with van der Waals surface area (Å²) in [6.45, 7) is 1.94. The van der Waals surface area contributed by atoms with Crippen LogP contribution in [0.5, 0.6) is 0 Å². The molecule has 0 saturated carbocycles. The maximum absolute atomic E-state index is 10.8. The van der Waals surface area contributed by atoms with Gasteiger partial charge in [0.15, 0.2) is 0 Å². The molecule has 0 aliphatic heterocycles. The lowest BCUT2D eigenvalue weighted by Gasteiger charge is -2.11. The number of non-ortho nitro benzene ring substituents is 1. The van der Waals surface area contributed by atoms with Gasteiger partial charge in [-0.1, -0.05) is 36.4 Å². The summed E-state index contributed by atoms with van der Waals surface area (Å²) in [6, 6.07) is 14.6. The van der Waals surface area contributed by atoms with Crippen LogP contribution in [0, 0.1) is 17.0 Å². The van der Waals surface area contributed by atoms with Gasteiger partial charge in [-0.05, 0) is 30.0 Å². The molecule has 2 rings (SSSR count). The van der Waals surface area contributed by atoms with Crippen LogP contribution in [-0.2, 0) is 6.42 Å². The molecule has 2 aromatic carbocycles. The average molecular weight is 276 g/mol. The van der Waals surface area contributed by atoms with Crippen molar-refractivity contribution in [2.45, 2.75) is 18.7 Å². The number of alkyl halides is 1. The summed E-state index contributed by atoms with van der Waals surface area (Å²) in [6.07, 6.45) is 0.582. The van der Waals surface area contributed by atoms with E-state index in [4.69, 9.17) is 11.6 Å². The van der Waals surface area contributed by atoms with Crippen molar-refractivity contribution in [1.82, 2.24) is 0 Å². The molecule has 0 saturated heterocycles. The Balaban J connectivity index is 2.23. The number of benzene rings is 2. The van der Waals surface area contributed by atoms with Gasteiger partial charge in [0.25, 0.3) is 5.69 Å². The molecule has 0 amide bonds. The van der Waals surface area contributed by atoms with Gasteiger partial charge in [0.05, 0.1) is 10.3 Å². The molecule has 19 heavy (non-hydrogen) atoms. The van der Waals surface area contributed by atoms with Crippen molar-refractivity contribution in [3.8, 4) is 0 Å². The van der Waals surface area contributed by atoms with Crippen LogP contribution in [0.15, 0.2) is 48.5 Å². The Bertz CT molecular complexity index is 584. The number of hydrogen-bond donors (Lipinski definition) is 0. The monoisotopic (exact) mass is 275 g/mol. The molecular weight excluding hydrogens is 262 g/mol. The fraction of sp³-hybridized carbons (Fsp3) is 0.200. The molecule has 1 unspecified atom stereocenters. The Hall–Kier alpha value is -1.87. The highest BCUT2D eigenvalue weighted by Gasteiger charge is 2.13. The zero-order valence-electron chi connectivity index (χ0n) is 10.5. The third-order valence-corrected chi connectivity index (χ3v) is 3.51. The molecule has 0 aromatic heterocycles. The van der Waals surface area contributed by atoms with Crippen molar-refractivity contribution in [2.24, 2.45) is 0 Å². The van der Waals surface area contributed by atoms with Gasteiger partial charge in [-0.15, -0.1) is 11.6 Å². The molecule has 3 nitrogen and oxygen atoms in total. The van der Waals surface area contributed by atoms with Crippen LogP contribution in [0.25, 0.3) is 0 Å². The van der Waals surface area contributed by atoms with E-state index in [1.807, 2.05) is 37.3 Å². The molecule has 0 radical (unpaired) electrons. The molecule has 0 fully saturated rings. The lowest BCUT2D eigenvalue weighted by molar-refractivity contribution is -0.384. The highest BCUT2D eigenvalue weighted by molar-refractivity contribution is 6.20. The Morgan fingerprint density at radius 2 is 1.89 bits per heavy atom. The molecule has 0 aliphatic carbocycles. The number of aryl methyl sites for hydroxylation is 1.